The van der Waals surface area contributed by atoms with E-state index < -0.39 is 24.3 Å². The molecule has 9 nitrogen and oxygen atoms in total. The first kappa shape index (κ1) is 34.6. The number of aliphatic carboxylic acids is 2. The first-order valence-electron chi connectivity index (χ1n) is 13.9. The van der Waals surface area contributed by atoms with Crippen LogP contribution in [0, 0.1) is 0 Å². The highest BCUT2D eigenvalue weighted by molar-refractivity contribution is 5.77. The van der Waals surface area contributed by atoms with Crippen LogP contribution in [0.2, 0.25) is 0 Å². The summed E-state index contributed by atoms with van der Waals surface area (Å²) in [5, 5.41) is 17.5. The Bertz CT molecular complexity index is 1240. The number of hydrogen-bond donors (Lipinski definition) is 3. The fraction of sp³-hybridized carbons (Fsp3) is 0.517. The molecule has 2 aliphatic heterocycles. The summed E-state index contributed by atoms with van der Waals surface area (Å²) in [5.41, 5.74) is 2.16. The van der Waals surface area contributed by atoms with Crippen molar-refractivity contribution < 1.29 is 55.7 Å². The van der Waals surface area contributed by atoms with E-state index in [0.29, 0.717) is 12.5 Å². The highest BCUT2D eigenvalue weighted by atomic mass is 19.4. The number of rotatable bonds is 5. The minimum Gasteiger partial charge on any atom is -0.487 e. The molecule has 2 aromatic rings. The Kier molecular flexibility index (Phi) is 11.6. The van der Waals surface area contributed by atoms with Gasteiger partial charge in [-0.1, -0.05) is 24.3 Å². The predicted octanol–water partition coefficient (Wildman–Crippen LogP) is 5.31. The zero-order valence-electron chi connectivity index (χ0n) is 23.5. The molecule has 2 fully saturated rings. The number of pyridine rings is 1. The highest BCUT2D eigenvalue weighted by Gasteiger charge is 2.44. The quantitative estimate of drug-likeness (QED) is 0.378. The largest absolute Gasteiger partial charge is 0.490 e. The Balaban J connectivity index is 0.000000317. The van der Waals surface area contributed by atoms with Gasteiger partial charge in [0.2, 0.25) is 5.91 Å². The molecule has 1 saturated heterocycles. The molecule has 3 N–H and O–H groups in total. The van der Waals surface area contributed by atoms with Crippen LogP contribution in [0.5, 0.6) is 5.75 Å². The number of carbonyl (C=O) groups excluding carboxylic acids is 1. The second kappa shape index (κ2) is 14.7. The highest BCUT2D eigenvalue weighted by Crippen LogP contribution is 2.46. The predicted molar refractivity (Wildman–Crippen MR) is 144 cm³/mol. The number of hydrogen-bond acceptors (Lipinski definition) is 6. The molecule has 0 bridgehead atoms. The molecule has 5 rings (SSSR count). The number of carboxylic acids is 2. The van der Waals surface area contributed by atoms with Crippen molar-refractivity contribution in [2.24, 2.45) is 0 Å². The summed E-state index contributed by atoms with van der Waals surface area (Å²) in [7, 11) is 0. The Morgan fingerprint density at radius 2 is 1.50 bits per heavy atom. The number of benzene rings is 1. The number of carboxylic acid groups (broad SMARTS) is 2. The third kappa shape index (κ3) is 10.4. The molecular weight excluding hydrogens is 600 g/mol. The van der Waals surface area contributed by atoms with Crippen molar-refractivity contribution in [1.82, 2.24) is 15.2 Å². The van der Waals surface area contributed by atoms with Crippen LogP contribution in [-0.2, 0) is 20.9 Å². The van der Waals surface area contributed by atoms with Gasteiger partial charge in [0.05, 0.1) is 5.69 Å². The molecule has 0 radical (unpaired) electrons. The minimum absolute atomic E-state index is 0.156. The van der Waals surface area contributed by atoms with E-state index >= 15 is 0 Å². The van der Waals surface area contributed by atoms with Gasteiger partial charge in [-0.05, 0) is 62.3 Å². The number of nitrogens with one attached hydrogen (secondary N) is 1. The number of para-hydroxylation sites is 1. The number of piperidine rings is 1. The van der Waals surface area contributed by atoms with Crippen LogP contribution in [0.25, 0.3) is 0 Å². The van der Waals surface area contributed by atoms with Gasteiger partial charge in [-0.2, -0.15) is 26.3 Å². The average Bonchev–Trinajstić information content (AvgIpc) is 2.92. The topological polar surface area (TPSA) is 129 Å². The molecule has 1 aromatic carbocycles. The number of halogens is 6. The van der Waals surface area contributed by atoms with Gasteiger partial charge in [0.25, 0.3) is 0 Å². The third-order valence-electron chi connectivity index (χ3n) is 7.57. The number of amides is 1. The van der Waals surface area contributed by atoms with Crippen molar-refractivity contribution in [1.29, 1.82) is 0 Å². The van der Waals surface area contributed by atoms with Crippen molar-refractivity contribution in [3.05, 3.63) is 59.9 Å². The minimum atomic E-state index is -5.08. The molecule has 44 heavy (non-hydrogen) atoms. The van der Waals surface area contributed by atoms with E-state index in [-0.39, 0.29) is 17.4 Å². The van der Waals surface area contributed by atoms with Gasteiger partial charge >= 0.3 is 24.3 Å². The number of nitrogens with zero attached hydrogens (tertiary/aromatic N) is 2. The van der Waals surface area contributed by atoms with E-state index in [9.17, 15) is 31.1 Å². The summed E-state index contributed by atoms with van der Waals surface area (Å²) >= 11 is 0. The molecule has 1 unspecified atom stereocenters. The molecule has 15 heteroatoms. The van der Waals surface area contributed by atoms with Crippen LogP contribution in [0.15, 0.2) is 48.7 Å². The maximum atomic E-state index is 12.7. The van der Waals surface area contributed by atoms with Crippen molar-refractivity contribution in [3.8, 4) is 5.75 Å². The van der Waals surface area contributed by atoms with Gasteiger partial charge in [-0.3, -0.25) is 14.7 Å². The van der Waals surface area contributed by atoms with Gasteiger partial charge in [-0.25, -0.2) is 9.59 Å². The zero-order chi connectivity index (χ0) is 32.5. The number of alkyl halides is 6. The molecule has 1 amide bonds. The second-order valence-electron chi connectivity index (χ2n) is 10.8. The lowest BCUT2D eigenvalue weighted by Gasteiger charge is -2.47. The SMILES string of the molecule is O=C(CC1CC2(CCN(Cc3ccccn3)CC2)Oc2ccccc21)NC1CCC1.O=C(O)C(F)(F)F.O=C(O)C(F)(F)F. The molecule has 3 aliphatic rings. The Hall–Kier alpha value is -3.88. The number of carbonyl (C=O) groups is 3. The van der Waals surface area contributed by atoms with Crippen molar-refractivity contribution in [3.63, 3.8) is 0 Å². The van der Waals surface area contributed by atoms with Crippen LogP contribution >= 0.6 is 0 Å². The van der Waals surface area contributed by atoms with E-state index in [0.717, 1.165) is 63.2 Å². The first-order valence-corrected chi connectivity index (χ1v) is 13.9. The fourth-order valence-electron chi connectivity index (χ4n) is 5.14. The van der Waals surface area contributed by atoms with E-state index in [1.165, 1.54) is 12.0 Å². The van der Waals surface area contributed by atoms with Crippen LogP contribution in [0.4, 0.5) is 26.3 Å². The Morgan fingerprint density at radius 3 is 2.00 bits per heavy atom. The lowest BCUT2D eigenvalue weighted by atomic mass is 9.76. The fourth-order valence-corrected chi connectivity index (χ4v) is 5.14. The maximum Gasteiger partial charge on any atom is 0.490 e. The van der Waals surface area contributed by atoms with Crippen LogP contribution < -0.4 is 10.1 Å². The lowest BCUT2D eigenvalue weighted by Crippen LogP contribution is -2.50. The zero-order valence-corrected chi connectivity index (χ0v) is 23.5. The number of fused-ring (bicyclic) bond motifs is 1. The molecule has 1 saturated carbocycles. The Labute approximate surface area is 249 Å². The molecule has 1 spiro atoms. The normalized spacial score (nSPS) is 19.5. The van der Waals surface area contributed by atoms with Crippen molar-refractivity contribution >= 4 is 17.8 Å². The standard InChI is InChI=1S/C25H31N3O2.2C2HF3O2/c29-24(27-20-7-5-8-20)16-19-17-25(30-23-10-2-1-9-22(19)23)11-14-28(15-12-25)18-21-6-3-4-13-26-21;2*3-2(4,5)1(6)7/h1-4,6,9-10,13,19-20H,5,7-8,11-12,14-18H2,(H,27,29);2*(H,6,7). The van der Waals surface area contributed by atoms with Crippen molar-refractivity contribution in [2.45, 2.75) is 81.4 Å². The van der Waals surface area contributed by atoms with Gasteiger partial charge in [0.15, 0.2) is 0 Å². The molecule has 1 atom stereocenters. The Morgan fingerprint density at radius 1 is 0.932 bits per heavy atom. The smallest absolute Gasteiger partial charge is 0.487 e. The monoisotopic (exact) mass is 633 g/mol. The summed E-state index contributed by atoms with van der Waals surface area (Å²) in [4.78, 5) is 37.4. The van der Waals surface area contributed by atoms with Gasteiger partial charge in [0.1, 0.15) is 11.4 Å². The molecular formula is C29H33F6N3O6. The van der Waals surface area contributed by atoms with Crippen LogP contribution in [-0.4, -0.2) is 75.0 Å². The molecule has 242 valence electrons. The molecule has 3 heterocycles. The molecule has 1 aromatic heterocycles. The summed E-state index contributed by atoms with van der Waals surface area (Å²) in [5.74, 6) is -4.11. The maximum absolute atomic E-state index is 12.7. The second-order valence-corrected chi connectivity index (χ2v) is 10.8. The van der Waals surface area contributed by atoms with Crippen molar-refractivity contribution in [2.75, 3.05) is 13.1 Å². The summed E-state index contributed by atoms with van der Waals surface area (Å²) in [6.07, 6.45) is -1.32. The summed E-state index contributed by atoms with van der Waals surface area (Å²) < 4.78 is 70.1. The summed E-state index contributed by atoms with van der Waals surface area (Å²) in [6, 6.07) is 14.8. The lowest BCUT2D eigenvalue weighted by molar-refractivity contribution is -0.193. The first-order chi connectivity index (χ1) is 20.6. The van der Waals surface area contributed by atoms with Crippen LogP contribution in [0.1, 0.15) is 62.1 Å². The van der Waals surface area contributed by atoms with E-state index in [1.807, 2.05) is 24.4 Å². The van der Waals surface area contributed by atoms with E-state index in [1.54, 1.807) is 0 Å². The third-order valence-corrected chi connectivity index (χ3v) is 7.57. The average molecular weight is 634 g/mol. The molecule has 1 aliphatic carbocycles. The van der Waals surface area contributed by atoms with Gasteiger partial charge in [0, 0.05) is 44.2 Å². The number of likely N-dealkylation sites (tertiary alicyclic amines) is 1. The summed E-state index contributed by atoms with van der Waals surface area (Å²) in [6.45, 7) is 2.89. The van der Waals surface area contributed by atoms with Crippen LogP contribution in [0.3, 0.4) is 0 Å². The number of aromatic nitrogens is 1. The van der Waals surface area contributed by atoms with Gasteiger partial charge < -0.3 is 20.3 Å². The van der Waals surface area contributed by atoms with E-state index in [2.05, 4.69) is 39.5 Å². The number of ether oxygens (including phenoxy) is 1. The van der Waals surface area contributed by atoms with Gasteiger partial charge in [-0.15, -0.1) is 0 Å². The van der Waals surface area contributed by atoms with E-state index in [4.69, 9.17) is 24.5 Å².